The molecule has 0 saturated carbocycles. The number of ether oxygens (including phenoxy) is 2. The summed E-state index contributed by atoms with van der Waals surface area (Å²) in [4.78, 5) is 15.1. The van der Waals surface area contributed by atoms with Gasteiger partial charge in [-0.05, 0) is 19.1 Å². The number of carbonyl (C=O) groups is 1. The van der Waals surface area contributed by atoms with Gasteiger partial charge in [-0.1, -0.05) is 6.58 Å². The Bertz CT molecular complexity index is 357. The predicted octanol–water partition coefficient (Wildman–Crippen LogP) is 1.92. The van der Waals surface area contributed by atoms with E-state index in [1.165, 1.54) is 13.3 Å². The lowest BCUT2D eigenvalue weighted by Gasteiger charge is -2.04. The molecule has 0 N–H and O–H groups in total. The summed E-state index contributed by atoms with van der Waals surface area (Å²) in [6.07, 6.45) is 1.46. The zero-order valence-electron chi connectivity index (χ0n) is 8.82. The lowest BCUT2D eigenvalue weighted by molar-refractivity contribution is 0.0600. The van der Waals surface area contributed by atoms with Crippen LogP contribution in [0.2, 0.25) is 0 Å². The van der Waals surface area contributed by atoms with Crippen LogP contribution in [0.15, 0.2) is 30.7 Å². The highest BCUT2D eigenvalue weighted by Gasteiger charge is 2.05. The number of hydrogen-bond acceptors (Lipinski definition) is 4. The van der Waals surface area contributed by atoms with Crippen LogP contribution in [-0.2, 0) is 16.1 Å². The van der Waals surface area contributed by atoms with E-state index < -0.39 is 5.97 Å². The molecule has 0 spiro atoms. The number of allylic oxidation sites excluding steroid dienone is 1. The third kappa shape index (κ3) is 3.42. The first-order valence-electron chi connectivity index (χ1n) is 4.45. The zero-order valence-corrected chi connectivity index (χ0v) is 8.82. The normalized spacial score (nSPS) is 9.47. The van der Waals surface area contributed by atoms with Gasteiger partial charge >= 0.3 is 5.97 Å². The predicted molar refractivity (Wildman–Crippen MR) is 55.2 cm³/mol. The molecule has 4 heteroatoms. The Balaban J connectivity index is 2.64. The fourth-order valence-electron chi connectivity index (χ4n) is 0.946. The molecule has 80 valence electrons. The van der Waals surface area contributed by atoms with Crippen molar-refractivity contribution in [1.29, 1.82) is 0 Å². The summed E-state index contributed by atoms with van der Waals surface area (Å²) in [5.74, 6) is 0.240. The number of rotatable bonds is 4. The fourth-order valence-corrected chi connectivity index (χ4v) is 0.946. The molecule has 0 unspecified atom stereocenters. The van der Waals surface area contributed by atoms with Crippen LogP contribution in [-0.4, -0.2) is 18.1 Å². The molecule has 0 saturated heterocycles. The topological polar surface area (TPSA) is 48.4 Å². The molecule has 1 rings (SSSR count). The number of nitrogens with zero attached hydrogens (tertiary/aromatic N) is 1. The van der Waals surface area contributed by atoms with E-state index in [4.69, 9.17) is 4.74 Å². The van der Waals surface area contributed by atoms with Gasteiger partial charge in [0, 0.05) is 6.20 Å². The molecule has 0 aliphatic carbocycles. The second-order valence-electron chi connectivity index (χ2n) is 3.02. The van der Waals surface area contributed by atoms with Crippen LogP contribution < -0.4 is 0 Å². The number of carbonyl (C=O) groups excluding carboxylic acids is 1. The third-order valence-electron chi connectivity index (χ3n) is 1.71. The van der Waals surface area contributed by atoms with Crippen LogP contribution >= 0.6 is 0 Å². The molecule has 0 aliphatic rings. The molecule has 0 aliphatic heterocycles. The molecule has 0 radical (unpaired) electrons. The first kappa shape index (κ1) is 11.2. The maximum atomic E-state index is 11.1. The second-order valence-corrected chi connectivity index (χ2v) is 3.02. The van der Waals surface area contributed by atoms with E-state index in [1.54, 1.807) is 19.1 Å². The van der Waals surface area contributed by atoms with E-state index in [9.17, 15) is 4.79 Å². The van der Waals surface area contributed by atoms with Crippen LogP contribution in [0.5, 0.6) is 0 Å². The Morgan fingerprint density at radius 1 is 1.53 bits per heavy atom. The van der Waals surface area contributed by atoms with Crippen molar-refractivity contribution in [3.05, 3.63) is 41.9 Å². The molecule has 15 heavy (non-hydrogen) atoms. The second kappa shape index (κ2) is 5.14. The molecule has 0 amide bonds. The number of methoxy groups -OCH3 is 1. The summed E-state index contributed by atoms with van der Waals surface area (Å²) in [5.41, 5.74) is 1.17. The van der Waals surface area contributed by atoms with Crippen molar-refractivity contribution in [3.63, 3.8) is 0 Å². The van der Waals surface area contributed by atoms with Crippen molar-refractivity contribution in [2.45, 2.75) is 13.5 Å². The molecule has 1 aromatic rings. The van der Waals surface area contributed by atoms with Gasteiger partial charge in [0.2, 0.25) is 0 Å². The fraction of sp³-hybridized carbons (Fsp3) is 0.273. The van der Waals surface area contributed by atoms with Gasteiger partial charge in [-0.15, -0.1) is 0 Å². The lowest BCUT2D eigenvalue weighted by Crippen LogP contribution is -2.03. The molecule has 4 nitrogen and oxygen atoms in total. The minimum Gasteiger partial charge on any atom is -0.493 e. The minimum absolute atomic E-state index is 0.358. The lowest BCUT2D eigenvalue weighted by atomic mass is 10.2. The van der Waals surface area contributed by atoms with Gasteiger partial charge in [-0.25, -0.2) is 4.79 Å². The molecule has 1 heterocycles. The molecule has 1 aromatic heterocycles. The van der Waals surface area contributed by atoms with Crippen molar-refractivity contribution < 1.29 is 14.3 Å². The number of esters is 1. The molecule has 0 fully saturated rings. The van der Waals surface area contributed by atoms with Gasteiger partial charge in [-0.3, -0.25) is 4.98 Å². The van der Waals surface area contributed by atoms with E-state index in [-0.39, 0.29) is 0 Å². The highest BCUT2D eigenvalue weighted by Crippen LogP contribution is 2.04. The average Bonchev–Trinajstić information content (AvgIpc) is 2.26. The standard InChI is InChI=1S/C11H13NO3/c1-8(2)15-7-10-5-4-9(6-12-10)11(13)14-3/h4-6H,1,7H2,2-3H3. The molecular weight excluding hydrogens is 194 g/mol. The number of aromatic nitrogens is 1. The van der Waals surface area contributed by atoms with E-state index >= 15 is 0 Å². The van der Waals surface area contributed by atoms with E-state index in [2.05, 4.69) is 16.3 Å². The SMILES string of the molecule is C=C(C)OCc1ccc(C(=O)OC)cn1. The summed E-state index contributed by atoms with van der Waals surface area (Å²) >= 11 is 0. The van der Waals surface area contributed by atoms with Crippen molar-refractivity contribution in [3.8, 4) is 0 Å². The summed E-state index contributed by atoms with van der Waals surface area (Å²) < 4.78 is 9.73. The van der Waals surface area contributed by atoms with Crippen molar-refractivity contribution in [2.75, 3.05) is 7.11 Å². The molecular formula is C11H13NO3. The average molecular weight is 207 g/mol. The monoisotopic (exact) mass is 207 g/mol. The Morgan fingerprint density at radius 3 is 2.73 bits per heavy atom. The molecule has 0 atom stereocenters. The third-order valence-corrected chi connectivity index (χ3v) is 1.71. The molecule has 0 aromatic carbocycles. The van der Waals surface area contributed by atoms with E-state index in [0.29, 0.717) is 17.9 Å². The van der Waals surface area contributed by atoms with E-state index in [0.717, 1.165) is 5.69 Å². The van der Waals surface area contributed by atoms with Gasteiger partial charge in [0.1, 0.15) is 6.61 Å². The molecule has 0 bridgehead atoms. The van der Waals surface area contributed by atoms with Crippen LogP contribution in [0, 0.1) is 0 Å². The quantitative estimate of drug-likeness (QED) is 0.559. The Labute approximate surface area is 88.5 Å². The first-order valence-corrected chi connectivity index (χ1v) is 4.45. The number of hydrogen-bond donors (Lipinski definition) is 0. The zero-order chi connectivity index (χ0) is 11.3. The summed E-state index contributed by atoms with van der Waals surface area (Å²) in [5, 5.41) is 0. The van der Waals surface area contributed by atoms with E-state index in [1.807, 2.05) is 0 Å². The van der Waals surface area contributed by atoms with Crippen LogP contribution in [0.25, 0.3) is 0 Å². The van der Waals surface area contributed by atoms with Gasteiger partial charge < -0.3 is 9.47 Å². The maximum absolute atomic E-state index is 11.1. The Kier molecular flexibility index (Phi) is 3.85. The van der Waals surface area contributed by atoms with Crippen LogP contribution in [0.1, 0.15) is 23.0 Å². The number of pyridine rings is 1. The van der Waals surface area contributed by atoms with Gasteiger partial charge in [0.15, 0.2) is 0 Å². The smallest absolute Gasteiger partial charge is 0.339 e. The van der Waals surface area contributed by atoms with Crippen LogP contribution in [0.4, 0.5) is 0 Å². The summed E-state index contributed by atoms with van der Waals surface area (Å²) in [7, 11) is 1.33. The van der Waals surface area contributed by atoms with Gasteiger partial charge in [-0.2, -0.15) is 0 Å². The van der Waals surface area contributed by atoms with Gasteiger partial charge in [0.25, 0.3) is 0 Å². The highest BCUT2D eigenvalue weighted by molar-refractivity contribution is 5.88. The van der Waals surface area contributed by atoms with Crippen molar-refractivity contribution in [1.82, 2.24) is 4.98 Å². The van der Waals surface area contributed by atoms with Gasteiger partial charge in [0.05, 0.1) is 24.1 Å². The maximum Gasteiger partial charge on any atom is 0.339 e. The summed E-state index contributed by atoms with van der Waals surface area (Å²) in [6.45, 7) is 5.73. The Hall–Kier alpha value is -1.84. The van der Waals surface area contributed by atoms with Crippen molar-refractivity contribution in [2.24, 2.45) is 0 Å². The van der Waals surface area contributed by atoms with Crippen molar-refractivity contribution >= 4 is 5.97 Å². The first-order chi connectivity index (χ1) is 7.13. The summed E-state index contributed by atoms with van der Waals surface area (Å²) in [6, 6.07) is 3.37. The Morgan fingerprint density at radius 2 is 2.27 bits per heavy atom. The van der Waals surface area contributed by atoms with Crippen LogP contribution in [0.3, 0.4) is 0 Å². The highest BCUT2D eigenvalue weighted by atomic mass is 16.5. The largest absolute Gasteiger partial charge is 0.493 e. The minimum atomic E-state index is -0.394.